The summed E-state index contributed by atoms with van der Waals surface area (Å²) in [7, 11) is -2.94. The maximum absolute atomic E-state index is 7.01. The van der Waals surface area contributed by atoms with E-state index in [0.717, 1.165) is 61.7 Å². The Morgan fingerprint density at radius 1 is 0.459 bits per heavy atom. The molecule has 0 radical (unpaired) electrons. The zero-order valence-corrected chi connectivity index (χ0v) is 52.9. The van der Waals surface area contributed by atoms with Crippen LogP contribution in [0.1, 0.15) is 79.0 Å². The molecule has 10 aromatic carbocycles. The van der Waals surface area contributed by atoms with Crippen LogP contribution in [0.2, 0.25) is 0 Å². The first-order valence-electron chi connectivity index (χ1n) is 29.3. The zero-order chi connectivity index (χ0) is 57.7. The van der Waals surface area contributed by atoms with E-state index in [0.29, 0.717) is 11.5 Å². The molecule has 14 rings (SSSR count). The molecule has 12 aromatic rings. The second kappa shape index (κ2) is 21.2. The normalized spacial score (nSPS) is 13.6. The van der Waals surface area contributed by atoms with Crippen LogP contribution in [0.4, 0.5) is 22.7 Å². The Kier molecular flexibility index (Phi) is 13.9. The van der Waals surface area contributed by atoms with Crippen LogP contribution in [0.25, 0.3) is 61.0 Å². The summed E-state index contributed by atoms with van der Waals surface area (Å²) >= 11 is 0. The zero-order valence-electron chi connectivity index (χ0n) is 49.6. The topological polar surface area (TPSA) is 33.5 Å². The number of anilines is 4. The molecule has 0 amide bonds. The SMILES string of the molecule is CC(C)(C)c1cc(-c2cccc(-c3ccccc3)c2N2[CH-]N(c3[c-]c(Oc4[c-]c5c(cc4)c4c6c(ccc4n5-c4cc(C(C)(C)C)ccn4)-c4ccccc4[Si]6(c4ccccc4)c4ccccc4)ccc3)c3ccccc32)cc(C(C)(C)C)c1.[Pt]. The van der Waals surface area contributed by atoms with E-state index < -0.39 is 8.07 Å². The molecule has 5 nitrogen and oxygen atoms in total. The molecule has 0 fully saturated rings. The predicted octanol–water partition coefficient (Wildman–Crippen LogP) is 17.6. The van der Waals surface area contributed by atoms with Crippen molar-refractivity contribution in [1.29, 1.82) is 0 Å². The van der Waals surface area contributed by atoms with Gasteiger partial charge in [-0.2, -0.15) is 12.1 Å². The number of benzene rings is 10. The fourth-order valence-electron chi connectivity index (χ4n) is 13.0. The maximum Gasteiger partial charge on any atom is 0.180 e. The molecule has 0 atom stereocenters. The number of nitrogens with zero attached hydrogens (tertiary/aromatic N) is 4. The number of rotatable bonds is 9. The first-order valence-corrected chi connectivity index (χ1v) is 31.3. The van der Waals surface area contributed by atoms with Gasteiger partial charge in [0.15, 0.2) is 8.07 Å². The van der Waals surface area contributed by atoms with Gasteiger partial charge in [-0.3, -0.25) is 0 Å². The van der Waals surface area contributed by atoms with Crippen LogP contribution < -0.4 is 35.3 Å². The molecule has 4 heterocycles. The fourth-order valence-corrected chi connectivity index (χ4v) is 18.4. The Morgan fingerprint density at radius 3 is 1.68 bits per heavy atom. The number of hydrogen-bond donors (Lipinski definition) is 0. The van der Waals surface area contributed by atoms with Crippen molar-refractivity contribution < 1.29 is 25.8 Å². The van der Waals surface area contributed by atoms with Crippen LogP contribution in [0.15, 0.2) is 237 Å². The Morgan fingerprint density at radius 2 is 1.02 bits per heavy atom. The van der Waals surface area contributed by atoms with E-state index in [1.165, 1.54) is 59.5 Å². The van der Waals surface area contributed by atoms with Crippen LogP contribution in [0.5, 0.6) is 11.5 Å². The minimum atomic E-state index is -2.94. The maximum atomic E-state index is 7.01. The summed E-state index contributed by atoms with van der Waals surface area (Å²) in [6.45, 7) is 22.9. The Bertz CT molecular complexity index is 4440. The van der Waals surface area contributed by atoms with Gasteiger partial charge in [-0.1, -0.05) is 238 Å². The van der Waals surface area contributed by atoms with Crippen molar-refractivity contribution >= 4 is 73.4 Å². The van der Waals surface area contributed by atoms with Crippen LogP contribution in [-0.4, -0.2) is 17.6 Å². The van der Waals surface area contributed by atoms with Gasteiger partial charge in [0.2, 0.25) is 0 Å². The van der Waals surface area contributed by atoms with Gasteiger partial charge in [0.05, 0.1) is 0 Å². The van der Waals surface area contributed by atoms with Gasteiger partial charge in [-0.15, -0.1) is 48.1 Å². The summed E-state index contributed by atoms with van der Waals surface area (Å²) in [6, 6.07) is 92.2. The van der Waals surface area contributed by atoms with Gasteiger partial charge in [0.1, 0.15) is 5.82 Å². The van der Waals surface area contributed by atoms with Crippen molar-refractivity contribution in [2.24, 2.45) is 0 Å². The summed E-state index contributed by atoms with van der Waals surface area (Å²) in [4.78, 5) is 9.78. The van der Waals surface area contributed by atoms with E-state index >= 15 is 0 Å². The molecular formula is C78H67N4OPtSi-3. The monoisotopic (exact) mass is 1300 g/mol. The third-order valence-corrected chi connectivity index (χ3v) is 22.2. The van der Waals surface area contributed by atoms with E-state index in [1.54, 1.807) is 0 Å². The molecule has 2 aliphatic rings. The van der Waals surface area contributed by atoms with E-state index in [9.17, 15) is 0 Å². The van der Waals surface area contributed by atoms with Gasteiger partial charge < -0.3 is 19.1 Å². The second-order valence-electron chi connectivity index (χ2n) is 25.7. The number of hydrogen-bond acceptors (Lipinski definition) is 4. The molecular weight excluding hydrogens is 1230 g/mol. The van der Waals surface area contributed by atoms with E-state index in [2.05, 4.69) is 320 Å². The summed E-state index contributed by atoms with van der Waals surface area (Å²) in [5, 5.41) is 7.82. The predicted molar refractivity (Wildman–Crippen MR) is 354 cm³/mol. The largest absolute Gasteiger partial charge is 0.509 e. The van der Waals surface area contributed by atoms with E-state index in [-0.39, 0.29) is 37.3 Å². The third kappa shape index (κ3) is 9.46. The summed E-state index contributed by atoms with van der Waals surface area (Å²) in [5.74, 6) is 2.01. The number of fused-ring (bicyclic) bond motifs is 8. The first kappa shape index (κ1) is 55.6. The van der Waals surface area contributed by atoms with Gasteiger partial charge in [-0.05, 0) is 112 Å². The van der Waals surface area contributed by atoms with E-state index in [4.69, 9.17) is 9.72 Å². The summed E-state index contributed by atoms with van der Waals surface area (Å²) in [6.07, 6.45) is 1.95. The Labute approximate surface area is 516 Å². The minimum Gasteiger partial charge on any atom is -0.509 e. The number of para-hydroxylation sites is 3. The summed E-state index contributed by atoms with van der Waals surface area (Å²) < 4.78 is 9.33. The number of ether oxygens (including phenoxy) is 1. The molecule has 0 saturated carbocycles. The molecule has 7 heteroatoms. The number of aromatic nitrogens is 2. The van der Waals surface area contributed by atoms with Crippen LogP contribution in [0, 0.1) is 18.8 Å². The molecule has 2 aromatic heterocycles. The standard InChI is InChI=1S/C78H67N4OSi.Pt/c1-76(2,3)54-43-44-79-72(48-54)82-69-42-41-65-64-33-19-22-38-71(64)84(60-29-15-11-16-30-60,61-31-17-12-18-32-61)75(65)73(69)66-40-39-59(50-70(66)82)83-58-28-23-27-57(49-58)80-51-81(68-37-21-20-36-67(68)80)74-62(52-25-13-10-14-26-52)34-24-35-63(74)53-45-55(77(4,5)6)47-56(46-53)78(7,8)9;/h10-48,51H,1-9H3;/q-3;. The van der Waals surface area contributed by atoms with Crippen molar-refractivity contribution in [2.45, 2.75) is 78.6 Å². The number of pyridine rings is 1. The van der Waals surface area contributed by atoms with Gasteiger partial charge in [-0.25, -0.2) is 4.98 Å². The van der Waals surface area contributed by atoms with E-state index in [1.807, 2.05) is 12.3 Å². The molecule has 0 saturated heterocycles. The quantitative estimate of drug-likeness (QED) is 0.107. The molecule has 0 bridgehead atoms. The fraction of sp³-hybridized carbons (Fsp3) is 0.154. The first-order chi connectivity index (χ1) is 40.6. The van der Waals surface area contributed by atoms with Crippen molar-refractivity contribution in [1.82, 2.24) is 9.55 Å². The van der Waals surface area contributed by atoms with Gasteiger partial charge in [0, 0.05) is 72.5 Å². The molecule has 0 N–H and O–H groups in total. The molecule has 0 spiro atoms. The molecule has 422 valence electrons. The molecule has 2 aliphatic heterocycles. The molecule has 85 heavy (non-hydrogen) atoms. The van der Waals surface area contributed by atoms with Crippen molar-refractivity contribution in [2.75, 3.05) is 9.80 Å². The van der Waals surface area contributed by atoms with Crippen molar-refractivity contribution in [3.8, 4) is 50.7 Å². The van der Waals surface area contributed by atoms with Crippen LogP contribution in [0.3, 0.4) is 0 Å². The van der Waals surface area contributed by atoms with Crippen LogP contribution in [-0.2, 0) is 37.3 Å². The van der Waals surface area contributed by atoms with Crippen LogP contribution >= 0.6 is 0 Å². The minimum absolute atomic E-state index is 0. The van der Waals surface area contributed by atoms with Crippen molar-refractivity contribution in [3.63, 3.8) is 0 Å². The molecule has 0 unspecified atom stereocenters. The van der Waals surface area contributed by atoms with Gasteiger partial charge in [0.25, 0.3) is 0 Å². The second-order valence-corrected chi connectivity index (χ2v) is 29.4. The summed E-state index contributed by atoms with van der Waals surface area (Å²) in [5.41, 5.74) is 16.9. The van der Waals surface area contributed by atoms with Crippen molar-refractivity contribution in [3.05, 3.63) is 272 Å². The average molecular weight is 1300 g/mol. The smallest absolute Gasteiger partial charge is 0.180 e. The Balaban J connectivity index is 0.00000672. The van der Waals surface area contributed by atoms with Gasteiger partial charge >= 0.3 is 0 Å². The Hall–Kier alpha value is -8.54. The third-order valence-electron chi connectivity index (χ3n) is 17.3. The molecule has 0 aliphatic carbocycles. The average Bonchev–Trinajstić information content (AvgIpc) is 1.56.